The van der Waals surface area contributed by atoms with Gasteiger partial charge in [-0.2, -0.15) is 0 Å². The van der Waals surface area contributed by atoms with Crippen LogP contribution in [0.1, 0.15) is 44.6 Å². The molecule has 2 rings (SSSR count). The predicted molar refractivity (Wildman–Crippen MR) is 89.9 cm³/mol. The van der Waals surface area contributed by atoms with E-state index in [1.165, 1.54) is 37.8 Å². The Hall–Kier alpha value is -0.610. The monoisotopic (exact) mass is 340 g/mol. The summed E-state index contributed by atoms with van der Waals surface area (Å²) < 4.78 is 1.10. The number of benzene rings is 1. The Morgan fingerprint density at radius 3 is 2.84 bits per heavy atom. The number of halogens is 1. The topological polar surface area (TPSA) is 29.3 Å². The van der Waals surface area contributed by atoms with Gasteiger partial charge in [-0.3, -0.25) is 0 Å². The fourth-order valence-electron chi connectivity index (χ4n) is 2.81. The average molecular weight is 341 g/mol. The summed E-state index contributed by atoms with van der Waals surface area (Å²) in [7, 11) is 0. The number of anilines is 1. The van der Waals surface area contributed by atoms with Crippen LogP contribution in [-0.2, 0) is 0 Å². The molecule has 1 aromatic rings. The van der Waals surface area contributed by atoms with E-state index in [4.69, 9.17) is 18.0 Å². The molecule has 1 saturated heterocycles. The number of rotatable bonds is 3. The van der Waals surface area contributed by atoms with E-state index in [1.807, 2.05) is 12.1 Å². The lowest BCUT2D eigenvalue weighted by atomic mass is 10.1. The van der Waals surface area contributed by atoms with Crippen LogP contribution in [0.2, 0.25) is 0 Å². The Morgan fingerprint density at radius 2 is 2.21 bits per heavy atom. The second-order valence-electron chi connectivity index (χ2n) is 5.14. The van der Waals surface area contributed by atoms with Crippen molar-refractivity contribution < 1.29 is 0 Å². The van der Waals surface area contributed by atoms with Gasteiger partial charge in [-0.15, -0.1) is 0 Å². The molecular formula is C15H21BrN2S. The van der Waals surface area contributed by atoms with Gasteiger partial charge in [0.2, 0.25) is 0 Å². The lowest BCUT2D eigenvalue weighted by molar-refractivity contribution is 0.556. The second kappa shape index (κ2) is 6.71. The molecule has 1 aliphatic heterocycles. The fraction of sp³-hybridized carbons (Fsp3) is 0.533. The summed E-state index contributed by atoms with van der Waals surface area (Å²) in [5.41, 5.74) is 7.88. The maximum absolute atomic E-state index is 5.69. The first-order chi connectivity index (χ1) is 9.13. The summed E-state index contributed by atoms with van der Waals surface area (Å²) in [4.78, 5) is 3.00. The van der Waals surface area contributed by atoms with Gasteiger partial charge in [0.15, 0.2) is 0 Å². The van der Waals surface area contributed by atoms with Gasteiger partial charge in [0.25, 0.3) is 0 Å². The quantitative estimate of drug-likeness (QED) is 0.834. The van der Waals surface area contributed by atoms with Crippen molar-refractivity contribution in [2.45, 2.75) is 45.1 Å². The minimum absolute atomic E-state index is 0.454. The minimum Gasteiger partial charge on any atom is -0.389 e. The van der Waals surface area contributed by atoms with Crippen molar-refractivity contribution in [1.29, 1.82) is 0 Å². The van der Waals surface area contributed by atoms with Crippen LogP contribution in [0.4, 0.5) is 5.69 Å². The molecule has 1 aromatic carbocycles. The third-order valence-corrected chi connectivity index (χ3v) is 4.76. The molecule has 1 aliphatic rings. The van der Waals surface area contributed by atoms with Gasteiger partial charge in [-0.05, 0) is 53.4 Å². The van der Waals surface area contributed by atoms with Gasteiger partial charge in [0, 0.05) is 22.6 Å². The molecule has 0 saturated carbocycles. The average Bonchev–Trinajstić information content (AvgIpc) is 2.63. The SMILES string of the molecule is CCC1CCCCCN1c1ccc(C(N)=S)cc1Br. The van der Waals surface area contributed by atoms with Crippen LogP contribution < -0.4 is 10.6 Å². The van der Waals surface area contributed by atoms with Crippen molar-refractivity contribution in [3.63, 3.8) is 0 Å². The highest BCUT2D eigenvalue weighted by atomic mass is 79.9. The van der Waals surface area contributed by atoms with Gasteiger partial charge in [-0.25, -0.2) is 0 Å². The highest BCUT2D eigenvalue weighted by molar-refractivity contribution is 9.10. The summed E-state index contributed by atoms with van der Waals surface area (Å²) in [5, 5.41) is 0. The summed E-state index contributed by atoms with van der Waals surface area (Å²) >= 11 is 8.71. The van der Waals surface area contributed by atoms with Crippen LogP contribution in [-0.4, -0.2) is 17.6 Å². The van der Waals surface area contributed by atoms with Gasteiger partial charge < -0.3 is 10.6 Å². The summed E-state index contributed by atoms with van der Waals surface area (Å²) in [6.07, 6.45) is 6.46. The first kappa shape index (κ1) is 14.8. The van der Waals surface area contributed by atoms with Crippen molar-refractivity contribution in [1.82, 2.24) is 0 Å². The van der Waals surface area contributed by atoms with Crippen molar-refractivity contribution in [3.8, 4) is 0 Å². The van der Waals surface area contributed by atoms with E-state index >= 15 is 0 Å². The number of nitrogens with zero attached hydrogens (tertiary/aromatic N) is 1. The maximum atomic E-state index is 5.69. The minimum atomic E-state index is 0.454. The Labute approximate surface area is 129 Å². The van der Waals surface area contributed by atoms with Crippen molar-refractivity contribution in [2.75, 3.05) is 11.4 Å². The second-order valence-corrected chi connectivity index (χ2v) is 6.43. The van der Waals surface area contributed by atoms with E-state index in [9.17, 15) is 0 Å². The van der Waals surface area contributed by atoms with Crippen molar-refractivity contribution >= 4 is 38.8 Å². The number of hydrogen-bond acceptors (Lipinski definition) is 2. The lowest BCUT2D eigenvalue weighted by Gasteiger charge is -2.32. The molecule has 19 heavy (non-hydrogen) atoms. The van der Waals surface area contributed by atoms with Crippen LogP contribution >= 0.6 is 28.1 Å². The molecule has 1 fully saturated rings. The van der Waals surface area contributed by atoms with Gasteiger partial charge in [0.05, 0.1) is 5.69 Å². The first-order valence-corrected chi connectivity index (χ1v) is 8.19. The van der Waals surface area contributed by atoms with Gasteiger partial charge in [0.1, 0.15) is 4.99 Å². The Balaban J connectivity index is 2.30. The maximum Gasteiger partial charge on any atom is 0.104 e. The van der Waals surface area contributed by atoms with Gasteiger partial charge in [-0.1, -0.05) is 32.0 Å². The van der Waals surface area contributed by atoms with E-state index in [-0.39, 0.29) is 0 Å². The molecule has 2 nitrogen and oxygen atoms in total. The molecule has 0 radical (unpaired) electrons. The van der Waals surface area contributed by atoms with Crippen LogP contribution in [0.3, 0.4) is 0 Å². The number of hydrogen-bond donors (Lipinski definition) is 1. The largest absolute Gasteiger partial charge is 0.389 e. The fourth-order valence-corrected chi connectivity index (χ4v) is 3.55. The van der Waals surface area contributed by atoms with Crippen LogP contribution in [0.5, 0.6) is 0 Å². The highest BCUT2D eigenvalue weighted by Crippen LogP contribution is 2.32. The zero-order chi connectivity index (χ0) is 13.8. The lowest BCUT2D eigenvalue weighted by Crippen LogP contribution is -2.34. The normalized spacial score (nSPS) is 20.1. The molecule has 0 aliphatic carbocycles. The van der Waals surface area contributed by atoms with E-state index in [2.05, 4.69) is 33.8 Å². The van der Waals surface area contributed by atoms with E-state index in [1.54, 1.807) is 0 Å². The standard InChI is InChI=1S/C15H21BrN2S/c1-2-12-6-4-3-5-9-18(12)14-8-7-11(15(17)19)10-13(14)16/h7-8,10,12H,2-6,9H2,1H3,(H2,17,19). The van der Waals surface area contributed by atoms with E-state index < -0.39 is 0 Å². The van der Waals surface area contributed by atoms with Crippen LogP contribution in [0.25, 0.3) is 0 Å². The summed E-state index contributed by atoms with van der Waals surface area (Å²) in [6, 6.07) is 6.86. The molecule has 4 heteroatoms. The summed E-state index contributed by atoms with van der Waals surface area (Å²) in [6.45, 7) is 3.42. The van der Waals surface area contributed by atoms with Crippen LogP contribution in [0, 0.1) is 0 Å². The zero-order valence-corrected chi connectivity index (χ0v) is 13.8. The molecule has 1 unspecified atom stereocenters. The molecule has 0 amide bonds. The first-order valence-electron chi connectivity index (χ1n) is 6.99. The van der Waals surface area contributed by atoms with Gasteiger partial charge >= 0.3 is 0 Å². The third-order valence-electron chi connectivity index (χ3n) is 3.89. The van der Waals surface area contributed by atoms with Crippen molar-refractivity contribution in [3.05, 3.63) is 28.2 Å². The molecule has 104 valence electrons. The molecule has 0 aromatic heterocycles. The number of nitrogens with two attached hydrogens (primary N) is 1. The summed E-state index contributed by atoms with van der Waals surface area (Å²) in [5.74, 6) is 0. The Bertz CT molecular complexity index is 461. The third kappa shape index (κ3) is 3.48. The van der Waals surface area contributed by atoms with E-state index in [0.717, 1.165) is 16.6 Å². The molecule has 0 spiro atoms. The molecule has 1 heterocycles. The number of thiocarbonyl (C=S) groups is 1. The van der Waals surface area contributed by atoms with Crippen molar-refractivity contribution in [2.24, 2.45) is 5.73 Å². The smallest absolute Gasteiger partial charge is 0.104 e. The molecular weight excluding hydrogens is 320 g/mol. The molecule has 1 atom stereocenters. The van der Waals surface area contributed by atoms with E-state index in [0.29, 0.717) is 11.0 Å². The predicted octanol–water partition coefficient (Wildman–Crippen LogP) is 4.24. The zero-order valence-electron chi connectivity index (χ0n) is 11.4. The molecule has 0 bridgehead atoms. The Kier molecular flexibility index (Phi) is 5.22. The molecule has 2 N–H and O–H groups in total. The highest BCUT2D eigenvalue weighted by Gasteiger charge is 2.21. The van der Waals surface area contributed by atoms with Crippen LogP contribution in [0.15, 0.2) is 22.7 Å². The Morgan fingerprint density at radius 1 is 1.42 bits per heavy atom.